The molecule has 0 saturated heterocycles. The van der Waals surface area contributed by atoms with Gasteiger partial charge in [0.2, 0.25) is 11.7 Å². The molecule has 0 aliphatic heterocycles. The van der Waals surface area contributed by atoms with Crippen LogP contribution in [-0.2, 0) is 6.42 Å². The molecule has 0 fully saturated rings. The lowest BCUT2D eigenvalue weighted by molar-refractivity contribution is 0.380. The Bertz CT molecular complexity index is 668. The Labute approximate surface area is 154 Å². The summed E-state index contributed by atoms with van der Waals surface area (Å²) in [6.45, 7) is 6.69. The summed E-state index contributed by atoms with van der Waals surface area (Å²) >= 11 is 5.90. The molecule has 1 aromatic carbocycles. The minimum absolute atomic E-state index is 0.572. The lowest BCUT2D eigenvalue weighted by atomic mass is 10.2. The Morgan fingerprint density at radius 1 is 1.28 bits per heavy atom. The van der Waals surface area contributed by atoms with Gasteiger partial charge in [-0.05, 0) is 37.6 Å². The van der Waals surface area contributed by atoms with Gasteiger partial charge in [0.1, 0.15) is 0 Å². The number of guanidine groups is 1. The summed E-state index contributed by atoms with van der Waals surface area (Å²) in [6, 6.07) is 7.38. The van der Waals surface area contributed by atoms with Crippen molar-refractivity contribution in [3.63, 3.8) is 0 Å². The molecule has 25 heavy (non-hydrogen) atoms. The third kappa shape index (κ3) is 6.05. The van der Waals surface area contributed by atoms with Gasteiger partial charge in [-0.3, -0.25) is 4.99 Å². The van der Waals surface area contributed by atoms with Gasteiger partial charge in [-0.15, -0.1) is 0 Å². The molecule has 1 aromatic heterocycles. The molecule has 2 aromatic rings. The van der Waals surface area contributed by atoms with Gasteiger partial charge in [0.25, 0.3) is 0 Å². The van der Waals surface area contributed by atoms with Crippen molar-refractivity contribution in [2.24, 2.45) is 4.99 Å². The zero-order chi connectivity index (χ0) is 18.1. The monoisotopic (exact) mass is 363 g/mol. The first kappa shape index (κ1) is 19.2. The molecule has 0 aliphatic carbocycles. The van der Waals surface area contributed by atoms with Crippen molar-refractivity contribution in [1.82, 2.24) is 20.4 Å². The van der Waals surface area contributed by atoms with Crippen LogP contribution in [0.4, 0.5) is 0 Å². The van der Waals surface area contributed by atoms with Crippen LogP contribution in [0.5, 0.6) is 0 Å². The minimum atomic E-state index is 0.572. The van der Waals surface area contributed by atoms with Crippen LogP contribution >= 0.6 is 11.6 Å². The van der Waals surface area contributed by atoms with E-state index in [4.69, 9.17) is 16.1 Å². The Kier molecular flexibility index (Phi) is 7.73. The Morgan fingerprint density at radius 2 is 2.04 bits per heavy atom. The number of aromatic nitrogens is 2. The zero-order valence-corrected chi connectivity index (χ0v) is 15.9. The molecule has 0 unspecified atom stereocenters. The van der Waals surface area contributed by atoms with Crippen molar-refractivity contribution in [3.05, 3.63) is 35.2 Å². The molecule has 0 radical (unpaired) electrons. The number of halogens is 1. The number of aliphatic imine (C=N–C) groups is 1. The van der Waals surface area contributed by atoms with Crippen LogP contribution in [-0.4, -0.2) is 47.7 Å². The van der Waals surface area contributed by atoms with E-state index in [-0.39, 0.29) is 0 Å². The second-order valence-electron chi connectivity index (χ2n) is 5.78. The van der Waals surface area contributed by atoms with Crippen LogP contribution in [0.2, 0.25) is 5.02 Å². The van der Waals surface area contributed by atoms with E-state index in [0.29, 0.717) is 29.7 Å². The maximum absolute atomic E-state index is 5.90. The molecule has 6 nitrogen and oxygen atoms in total. The number of hydrogen-bond donors (Lipinski definition) is 1. The molecule has 1 heterocycles. The lowest BCUT2D eigenvalue weighted by Crippen LogP contribution is -2.39. The number of hydrogen-bond acceptors (Lipinski definition) is 4. The highest BCUT2D eigenvalue weighted by Gasteiger charge is 2.09. The molecule has 1 N–H and O–H groups in total. The first-order valence-corrected chi connectivity index (χ1v) is 9.09. The SMILES string of the molecule is CCCCN(C)C(=NCCc1nc(-c2ccc(Cl)cc2)no1)NCC. The van der Waals surface area contributed by atoms with Crippen molar-refractivity contribution in [2.75, 3.05) is 26.7 Å². The Morgan fingerprint density at radius 3 is 2.72 bits per heavy atom. The standard InChI is InChI=1S/C18H26ClN5O/c1-4-6-13-24(3)18(20-5-2)21-12-11-16-22-17(23-25-16)14-7-9-15(19)10-8-14/h7-10H,4-6,11-13H2,1-3H3,(H,20,21). The van der Waals surface area contributed by atoms with Crippen LogP contribution < -0.4 is 5.32 Å². The summed E-state index contributed by atoms with van der Waals surface area (Å²) in [5.41, 5.74) is 0.885. The maximum atomic E-state index is 5.90. The van der Waals surface area contributed by atoms with E-state index in [2.05, 4.69) is 46.2 Å². The number of rotatable bonds is 8. The van der Waals surface area contributed by atoms with E-state index < -0.39 is 0 Å². The van der Waals surface area contributed by atoms with Crippen LogP contribution in [0.3, 0.4) is 0 Å². The fourth-order valence-electron chi connectivity index (χ4n) is 2.30. The van der Waals surface area contributed by atoms with E-state index in [9.17, 15) is 0 Å². The molecular formula is C18H26ClN5O. The highest BCUT2D eigenvalue weighted by Crippen LogP contribution is 2.18. The second kappa shape index (κ2) is 10.0. The fourth-order valence-corrected chi connectivity index (χ4v) is 2.43. The molecular weight excluding hydrogens is 338 g/mol. The molecule has 0 aliphatic rings. The normalized spacial score (nSPS) is 11.6. The largest absolute Gasteiger partial charge is 0.357 e. The van der Waals surface area contributed by atoms with Gasteiger partial charge in [0.05, 0.1) is 6.54 Å². The smallest absolute Gasteiger partial charge is 0.228 e. The molecule has 0 atom stereocenters. The molecule has 136 valence electrons. The number of unbranched alkanes of at least 4 members (excludes halogenated alkanes) is 1. The molecule has 0 spiro atoms. The molecule has 7 heteroatoms. The first-order valence-electron chi connectivity index (χ1n) is 8.72. The number of nitrogens with zero attached hydrogens (tertiary/aromatic N) is 4. The first-order chi connectivity index (χ1) is 12.1. The van der Waals surface area contributed by atoms with Gasteiger partial charge < -0.3 is 14.7 Å². The van der Waals surface area contributed by atoms with Crippen LogP contribution in [0, 0.1) is 0 Å². The van der Waals surface area contributed by atoms with Crippen LogP contribution in [0.15, 0.2) is 33.8 Å². The van der Waals surface area contributed by atoms with Crippen molar-refractivity contribution >= 4 is 17.6 Å². The van der Waals surface area contributed by atoms with Crippen molar-refractivity contribution in [3.8, 4) is 11.4 Å². The summed E-state index contributed by atoms with van der Waals surface area (Å²) in [4.78, 5) is 11.2. The van der Waals surface area contributed by atoms with Crippen molar-refractivity contribution in [2.45, 2.75) is 33.1 Å². The van der Waals surface area contributed by atoms with E-state index >= 15 is 0 Å². The summed E-state index contributed by atoms with van der Waals surface area (Å²) in [6.07, 6.45) is 2.92. The predicted octanol–water partition coefficient (Wildman–Crippen LogP) is 3.63. The molecule has 0 amide bonds. The summed E-state index contributed by atoms with van der Waals surface area (Å²) in [5.74, 6) is 2.07. The average molecular weight is 364 g/mol. The number of benzene rings is 1. The quantitative estimate of drug-likeness (QED) is 0.573. The van der Waals surface area contributed by atoms with Crippen molar-refractivity contribution in [1.29, 1.82) is 0 Å². The zero-order valence-electron chi connectivity index (χ0n) is 15.1. The molecule has 0 saturated carbocycles. The summed E-state index contributed by atoms with van der Waals surface area (Å²) in [5, 5.41) is 8.02. The average Bonchev–Trinajstić information content (AvgIpc) is 3.08. The van der Waals surface area contributed by atoms with Crippen molar-refractivity contribution < 1.29 is 4.52 Å². The maximum Gasteiger partial charge on any atom is 0.228 e. The van der Waals surface area contributed by atoms with E-state index in [0.717, 1.165) is 31.0 Å². The van der Waals surface area contributed by atoms with Gasteiger partial charge in [0, 0.05) is 37.1 Å². The van der Waals surface area contributed by atoms with Gasteiger partial charge in [-0.25, -0.2) is 0 Å². The summed E-state index contributed by atoms with van der Waals surface area (Å²) < 4.78 is 5.32. The van der Waals surface area contributed by atoms with Gasteiger partial charge >= 0.3 is 0 Å². The Hall–Kier alpha value is -2.08. The lowest BCUT2D eigenvalue weighted by Gasteiger charge is -2.21. The number of nitrogens with one attached hydrogen (secondary N) is 1. The van der Waals surface area contributed by atoms with Gasteiger partial charge in [0.15, 0.2) is 5.96 Å². The van der Waals surface area contributed by atoms with Crippen LogP contribution in [0.1, 0.15) is 32.6 Å². The fraction of sp³-hybridized carbons (Fsp3) is 0.500. The Balaban J connectivity index is 1.94. The van der Waals surface area contributed by atoms with Gasteiger partial charge in [-0.2, -0.15) is 4.98 Å². The van der Waals surface area contributed by atoms with Gasteiger partial charge in [-0.1, -0.05) is 30.1 Å². The summed E-state index contributed by atoms with van der Waals surface area (Å²) in [7, 11) is 2.06. The highest BCUT2D eigenvalue weighted by atomic mass is 35.5. The van der Waals surface area contributed by atoms with E-state index in [1.54, 1.807) is 0 Å². The topological polar surface area (TPSA) is 66.5 Å². The van der Waals surface area contributed by atoms with Crippen LogP contribution in [0.25, 0.3) is 11.4 Å². The third-order valence-electron chi connectivity index (χ3n) is 3.70. The van der Waals surface area contributed by atoms with E-state index in [1.807, 2.05) is 24.3 Å². The minimum Gasteiger partial charge on any atom is -0.357 e. The van der Waals surface area contributed by atoms with E-state index in [1.165, 1.54) is 6.42 Å². The second-order valence-corrected chi connectivity index (χ2v) is 6.22. The molecule has 2 rings (SSSR count). The predicted molar refractivity (Wildman–Crippen MR) is 102 cm³/mol. The highest BCUT2D eigenvalue weighted by molar-refractivity contribution is 6.30. The third-order valence-corrected chi connectivity index (χ3v) is 3.95. The molecule has 0 bridgehead atoms.